The second-order valence-electron chi connectivity index (χ2n) is 6.92. The van der Waals surface area contributed by atoms with Crippen LogP contribution in [0.15, 0.2) is 24.3 Å². The van der Waals surface area contributed by atoms with E-state index in [1.807, 2.05) is 38.1 Å². The van der Waals surface area contributed by atoms with E-state index in [-0.39, 0.29) is 11.8 Å². The number of benzene rings is 1. The Balaban J connectivity index is 2.21. The normalized spacial score (nSPS) is 23.0. The molecule has 1 aliphatic carbocycles. The number of rotatable bonds is 0. The van der Waals surface area contributed by atoms with Crippen LogP contribution in [0.5, 0.6) is 0 Å². The van der Waals surface area contributed by atoms with E-state index in [0.717, 1.165) is 15.4 Å². The highest BCUT2D eigenvalue weighted by atomic mass is 16.2. The van der Waals surface area contributed by atoms with E-state index in [0.29, 0.717) is 12.8 Å². The van der Waals surface area contributed by atoms with Crippen molar-refractivity contribution in [2.75, 3.05) is 14.1 Å². The van der Waals surface area contributed by atoms with Gasteiger partial charge in [0.05, 0.1) is 0 Å². The van der Waals surface area contributed by atoms with E-state index in [1.165, 1.54) is 19.7 Å². The third kappa shape index (κ3) is 1.62. The Morgan fingerprint density at radius 2 is 1.32 bits per heavy atom. The monoisotopic (exact) mass is 300 g/mol. The first-order chi connectivity index (χ1) is 10.2. The minimum atomic E-state index is -1.21. The van der Waals surface area contributed by atoms with Crippen molar-refractivity contribution in [3.8, 4) is 0 Å². The molecule has 5 heteroatoms. The molecule has 1 fully saturated rings. The van der Waals surface area contributed by atoms with Crippen molar-refractivity contribution in [3.63, 3.8) is 0 Å². The van der Waals surface area contributed by atoms with Crippen LogP contribution in [0.3, 0.4) is 0 Å². The number of barbiturate groups is 1. The van der Waals surface area contributed by atoms with Gasteiger partial charge in [-0.25, -0.2) is 4.79 Å². The fourth-order valence-corrected chi connectivity index (χ4v) is 3.85. The van der Waals surface area contributed by atoms with Crippen molar-refractivity contribution in [2.24, 2.45) is 10.8 Å². The van der Waals surface area contributed by atoms with E-state index in [4.69, 9.17) is 0 Å². The number of fused-ring (bicyclic) bond motifs is 1. The summed E-state index contributed by atoms with van der Waals surface area (Å²) < 4.78 is 0. The first-order valence-electron chi connectivity index (χ1n) is 7.39. The largest absolute Gasteiger partial charge is 0.332 e. The predicted octanol–water partition coefficient (Wildman–Crippen LogP) is 1.85. The molecule has 0 N–H and O–H groups in total. The molecule has 4 amide bonds. The van der Waals surface area contributed by atoms with Gasteiger partial charge in [0.2, 0.25) is 11.8 Å². The maximum Gasteiger partial charge on any atom is 0.332 e. The van der Waals surface area contributed by atoms with Gasteiger partial charge in [-0.15, -0.1) is 0 Å². The van der Waals surface area contributed by atoms with Crippen LogP contribution in [0.4, 0.5) is 4.79 Å². The van der Waals surface area contributed by atoms with Gasteiger partial charge in [0.1, 0.15) is 5.41 Å². The molecule has 0 atom stereocenters. The fraction of sp³-hybridized carbons (Fsp3) is 0.471. The van der Waals surface area contributed by atoms with Crippen molar-refractivity contribution in [1.82, 2.24) is 9.80 Å². The average molecular weight is 300 g/mol. The molecule has 1 aromatic carbocycles. The molecule has 116 valence electrons. The SMILES string of the molecule is CN1C(=O)N(C)C(=O)C2(Cc3ccccc3CC2(C)C)C1=O. The van der Waals surface area contributed by atoms with Gasteiger partial charge in [0, 0.05) is 14.1 Å². The predicted molar refractivity (Wildman–Crippen MR) is 81.0 cm³/mol. The van der Waals surface area contributed by atoms with E-state index in [2.05, 4.69) is 0 Å². The van der Waals surface area contributed by atoms with Gasteiger partial charge in [-0.1, -0.05) is 38.1 Å². The Kier molecular flexibility index (Phi) is 2.96. The average Bonchev–Trinajstić information content (AvgIpc) is 2.48. The molecule has 1 saturated heterocycles. The summed E-state index contributed by atoms with van der Waals surface area (Å²) in [4.78, 5) is 40.1. The van der Waals surface area contributed by atoms with Crippen molar-refractivity contribution in [1.29, 1.82) is 0 Å². The molecular weight excluding hydrogens is 280 g/mol. The number of nitrogens with zero attached hydrogens (tertiary/aromatic N) is 2. The van der Waals surface area contributed by atoms with Gasteiger partial charge in [0.25, 0.3) is 0 Å². The standard InChI is InChI=1S/C17H20N2O3/c1-16(2)9-11-7-5-6-8-12(11)10-17(16)13(20)18(3)15(22)19(4)14(17)21/h5-8H,9-10H2,1-4H3. The van der Waals surface area contributed by atoms with Gasteiger partial charge in [0.15, 0.2) is 0 Å². The van der Waals surface area contributed by atoms with E-state index in [9.17, 15) is 14.4 Å². The summed E-state index contributed by atoms with van der Waals surface area (Å²) in [5.74, 6) is -0.778. The van der Waals surface area contributed by atoms with Gasteiger partial charge >= 0.3 is 6.03 Å². The van der Waals surface area contributed by atoms with Gasteiger partial charge < -0.3 is 0 Å². The van der Waals surface area contributed by atoms with Crippen molar-refractivity contribution < 1.29 is 14.4 Å². The maximum absolute atomic E-state index is 13.0. The highest BCUT2D eigenvalue weighted by Crippen LogP contribution is 2.52. The van der Waals surface area contributed by atoms with Crippen LogP contribution in [0.25, 0.3) is 0 Å². The molecule has 2 aliphatic rings. The number of amides is 4. The first-order valence-corrected chi connectivity index (χ1v) is 7.39. The molecule has 1 heterocycles. The fourth-order valence-electron chi connectivity index (χ4n) is 3.85. The Morgan fingerprint density at radius 1 is 0.864 bits per heavy atom. The number of imide groups is 2. The minimum Gasteiger partial charge on any atom is -0.273 e. The molecule has 0 bridgehead atoms. The zero-order chi connectivity index (χ0) is 16.3. The Hall–Kier alpha value is -2.17. The summed E-state index contributed by atoms with van der Waals surface area (Å²) in [7, 11) is 2.90. The Labute approximate surface area is 129 Å². The van der Waals surface area contributed by atoms with Crippen molar-refractivity contribution in [2.45, 2.75) is 26.7 Å². The van der Waals surface area contributed by atoms with E-state index < -0.39 is 16.9 Å². The first kappa shape index (κ1) is 14.8. The van der Waals surface area contributed by atoms with Crippen LogP contribution in [0, 0.1) is 10.8 Å². The smallest absolute Gasteiger partial charge is 0.273 e. The van der Waals surface area contributed by atoms with Crippen molar-refractivity contribution >= 4 is 17.8 Å². The van der Waals surface area contributed by atoms with Crippen LogP contribution >= 0.6 is 0 Å². The summed E-state index contributed by atoms with van der Waals surface area (Å²) in [5, 5.41) is 0. The minimum absolute atomic E-state index is 0.343. The molecule has 5 nitrogen and oxygen atoms in total. The van der Waals surface area contributed by atoms with Crippen LogP contribution in [0.1, 0.15) is 25.0 Å². The highest BCUT2D eigenvalue weighted by molar-refractivity contribution is 6.19. The second-order valence-corrected chi connectivity index (χ2v) is 6.92. The van der Waals surface area contributed by atoms with Crippen LogP contribution < -0.4 is 0 Å². The topological polar surface area (TPSA) is 57.7 Å². The van der Waals surface area contributed by atoms with Crippen LogP contribution in [-0.4, -0.2) is 41.7 Å². The lowest BCUT2D eigenvalue weighted by atomic mass is 9.54. The summed E-state index contributed by atoms with van der Waals surface area (Å²) in [6.07, 6.45) is 0.978. The molecular formula is C17H20N2O3. The third-order valence-electron chi connectivity index (χ3n) is 5.28. The summed E-state index contributed by atoms with van der Waals surface area (Å²) in [5.41, 5.74) is 0.415. The summed E-state index contributed by atoms with van der Waals surface area (Å²) >= 11 is 0. The quantitative estimate of drug-likeness (QED) is 0.687. The lowest BCUT2D eigenvalue weighted by Gasteiger charge is -2.52. The molecule has 22 heavy (non-hydrogen) atoms. The Morgan fingerprint density at radius 3 is 1.82 bits per heavy atom. The zero-order valence-electron chi connectivity index (χ0n) is 13.3. The van der Waals surface area contributed by atoms with Gasteiger partial charge in [-0.2, -0.15) is 0 Å². The third-order valence-corrected chi connectivity index (χ3v) is 5.28. The lowest BCUT2D eigenvalue weighted by molar-refractivity contribution is -0.167. The van der Waals surface area contributed by atoms with Crippen molar-refractivity contribution in [3.05, 3.63) is 35.4 Å². The summed E-state index contributed by atoms with van der Waals surface area (Å²) in [6, 6.07) is 7.33. The van der Waals surface area contributed by atoms with Crippen LogP contribution in [0.2, 0.25) is 0 Å². The van der Waals surface area contributed by atoms with E-state index >= 15 is 0 Å². The van der Waals surface area contributed by atoms with Gasteiger partial charge in [-0.05, 0) is 29.4 Å². The second kappa shape index (κ2) is 4.41. The number of carbonyl (C=O) groups excluding carboxylic acids is 3. The molecule has 1 spiro atoms. The highest BCUT2D eigenvalue weighted by Gasteiger charge is 2.64. The van der Waals surface area contributed by atoms with Gasteiger partial charge in [-0.3, -0.25) is 19.4 Å². The van der Waals surface area contributed by atoms with E-state index in [1.54, 1.807) is 0 Å². The molecule has 1 aromatic rings. The zero-order valence-corrected chi connectivity index (χ0v) is 13.3. The van der Waals surface area contributed by atoms with Crippen LogP contribution in [-0.2, 0) is 22.4 Å². The number of hydrogen-bond acceptors (Lipinski definition) is 3. The number of carbonyl (C=O) groups is 3. The molecule has 1 aliphatic heterocycles. The molecule has 0 saturated carbocycles. The number of hydrogen-bond donors (Lipinski definition) is 0. The molecule has 3 rings (SSSR count). The maximum atomic E-state index is 13.0. The molecule has 0 aromatic heterocycles. The molecule has 0 unspecified atom stereocenters. The molecule has 0 radical (unpaired) electrons. The summed E-state index contributed by atoms with van der Waals surface area (Å²) in [6.45, 7) is 3.88. The number of urea groups is 1. The Bertz CT molecular complexity index is 669. The lowest BCUT2D eigenvalue weighted by Crippen LogP contribution is -2.69.